The highest BCUT2D eigenvalue weighted by atomic mass is 35.5. The summed E-state index contributed by atoms with van der Waals surface area (Å²) in [6.45, 7) is 1.94. The fraction of sp³-hybridized carbons (Fsp3) is 0.0833. The number of halogens is 2. The lowest BCUT2D eigenvalue weighted by Crippen LogP contribution is -1.93. The van der Waals surface area contributed by atoms with Crippen molar-refractivity contribution < 1.29 is 4.39 Å². The van der Waals surface area contributed by atoms with Gasteiger partial charge in [-0.2, -0.15) is 0 Å². The Morgan fingerprint density at radius 1 is 1.31 bits per heavy atom. The lowest BCUT2D eigenvalue weighted by molar-refractivity contribution is 0.628. The van der Waals surface area contributed by atoms with Crippen LogP contribution in [0.15, 0.2) is 36.7 Å². The van der Waals surface area contributed by atoms with Crippen LogP contribution in [0.5, 0.6) is 0 Å². The first-order chi connectivity index (χ1) is 7.66. The number of hydrogen-bond donors (Lipinski definition) is 1. The highest BCUT2D eigenvalue weighted by molar-refractivity contribution is 6.31. The van der Waals surface area contributed by atoms with Crippen LogP contribution in [0.4, 0.5) is 15.8 Å². The summed E-state index contributed by atoms with van der Waals surface area (Å²) >= 11 is 5.69. The van der Waals surface area contributed by atoms with E-state index in [2.05, 4.69) is 10.3 Å². The molecular weight excluding hydrogens is 227 g/mol. The fourth-order valence-corrected chi connectivity index (χ4v) is 1.52. The first-order valence-electron chi connectivity index (χ1n) is 4.79. The van der Waals surface area contributed by atoms with Gasteiger partial charge in [0.2, 0.25) is 0 Å². The Kier molecular flexibility index (Phi) is 3.06. The predicted molar refractivity (Wildman–Crippen MR) is 63.7 cm³/mol. The third-order valence-corrected chi connectivity index (χ3v) is 2.51. The van der Waals surface area contributed by atoms with Crippen molar-refractivity contribution in [3.05, 3.63) is 53.1 Å². The molecule has 0 saturated heterocycles. The van der Waals surface area contributed by atoms with Crippen molar-refractivity contribution in [3.63, 3.8) is 0 Å². The molecule has 16 heavy (non-hydrogen) atoms. The standard InChI is InChI=1S/C12H10ClFN2/c1-8-7-15-5-4-12(8)16-9-2-3-11(14)10(13)6-9/h2-7H,1H3,(H,15,16). The minimum atomic E-state index is -0.418. The van der Waals surface area contributed by atoms with Crippen LogP contribution in [0.3, 0.4) is 0 Å². The molecule has 1 aromatic heterocycles. The molecule has 1 N–H and O–H groups in total. The summed E-state index contributed by atoms with van der Waals surface area (Å²) in [5.41, 5.74) is 2.70. The number of aryl methyl sites for hydroxylation is 1. The van der Waals surface area contributed by atoms with E-state index >= 15 is 0 Å². The van der Waals surface area contributed by atoms with Gasteiger partial charge >= 0.3 is 0 Å². The number of aromatic nitrogens is 1. The zero-order chi connectivity index (χ0) is 11.5. The topological polar surface area (TPSA) is 24.9 Å². The van der Waals surface area contributed by atoms with E-state index in [-0.39, 0.29) is 5.02 Å². The summed E-state index contributed by atoms with van der Waals surface area (Å²) < 4.78 is 12.9. The van der Waals surface area contributed by atoms with Crippen LogP contribution in [0.2, 0.25) is 5.02 Å². The van der Waals surface area contributed by atoms with E-state index in [1.807, 2.05) is 13.0 Å². The lowest BCUT2D eigenvalue weighted by atomic mass is 10.2. The van der Waals surface area contributed by atoms with E-state index in [0.29, 0.717) is 0 Å². The average Bonchev–Trinajstić information content (AvgIpc) is 2.27. The Morgan fingerprint density at radius 2 is 2.12 bits per heavy atom. The Labute approximate surface area is 98.1 Å². The summed E-state index contributed by atoms with van der Waals surface area (Å²) in [4.78, 5) is 3.99. The van der Waals surface area contributed by atoms with Gasteiger partial charge in [-0.1, -0.05) is 11.6 Å². The molecule has 0 fully saturated rings. The largest absolute Gasteiger partial charge is 0.355 e. The number of hydrogen-bond acceptors (Lipinski definition) is 2. The number of anilines is 2. The van der Waals surface area contributed by atoms with Gasteiger partial charge in [0.15, 0.2) is 0 Å². The summed E-state index contributed by atoms with van der Waals surface area (Å²) in [7, 11) is 0. The maximum Gasteiger partial charge on any atom is 0.141 e. The van der Waals surface area contributed by atoms with Gasteiger partial charge in [0.05, 0.1) is 5.02 Å². The molecule has 2 rings (SSSR count). The van der Waals surface area contributed by atoms with Gasteiger partial charge in [-0.25, -0.2) is 4.39 Å². The second kappa shape index (κ2) is 4.49. The Morgan fingerprint density at radius 3 is 2.81 bits per heavy atom. The van der Waals surface area contributed by atoms with Gasteiger partial charge in [0.1, 0.15) is 5.82 Å². The molecule has 1 heterocycles. The zero-order valence-electron chi connectivity index (χ0n) is 8.67. The second-order valence-electron chi connectivity index (χ2n) is 3.44. The van der Waals surface area contributed by atoms with Crippen molar-refractivity contribution in [2.24, 2.45) is 0 Å². The van der Waals surface area contributed by atoms with Gasteiger partial charge in [0.25, 0.3) is 0 Å². The van der Waals surface area contributed by atoms with Crippen LogP contribution in [0.25, 0.3) is 0 Å². The molecule has 0 aliphatic rings. The minimum absolute atomic E-state index is 0.108. The molecule has 0 unspecified atom stereocenters. The molecule has 2 aromatic rings. The molecule has 2 nitrogen and oxygen atoms in total. The van der Waals surface area contributed by atoms with Crippen LogP contribution in [-0.2, 0) is 0 Å². The summed E-state index contributed by atoms with van der Waals surface area (Å²) in [5.74, 6) is -0.418. The summed E-state index contributed by atoms with van der Waals surface area (Å²) in [5, 5.41) is 3.26. The van der Waals surface area contributed by atoms with Crippen LogP contribution in [0, 0.1) is 12.7 Å². The van der Waals surface area contributed by atoms with Crippen molar-refractivity contribution >= 4 is 23.0 Å². The first-order valence-corrected chi connectivity index (χ1v) is 5.17. The van der Waals surface area contributed by atoms with Crippen molar-refractivity contribution in [3.8, 4) is 0 Å². The molecule has 0 saturated carbocycles. The smallest absolute Gasteiger partial charge is 0.141 e. The maximum atomic E-state index is 12.9. The SMILES string of the molecule is Cc1cnccc1Nc1ccc(F)c(Cl)c1. The third kappa shape index (κ3) is 2.31. The molecule has 82 valence electrons. The van der Waals surface area contributed by atoms with Gasteiger partial charge in [-0.3, -0.25) is 4.98 Å². The van der Waals surface area contributed by atoms with Crippen molar-refractivity contribution in [1.82, 2.24) is 4.98 Å². The molecule has 1 aromatic carbocycles. The molecule has 0 aliphatic carbocycles. The van der Waals surface area contributed by atoms with E-state index in [1.165, 1.54) is 6.07 Å². The van der Waals surface area contributed by atoms with E-state index < -0.39 is 5.82 Å². The summed E-state index contributed by atoms with van der Waals surface area (Å²) in [6.07, 6.45) is 3.45. The number of rotatable bonds is 2. The average molecular weight is 237 g/mol. The molecule has 0 bridgehead atoms. The molecule has 0 radical (unpaired) electrons. The summed E-state index contributed by atoms with van der Waals surface area (Å²) in [6, 6.07) is 6.38. The number of nitrogens with one attached hydrogen (secondary N) is 1. The quantitative estimate of drug-likeness (QED) is 0.855. The van der Waals surface area contributed by atoms with Crippen LogP contribution >= 0.6 is 11.6 Å². The minimum Gasteiger partial charge on any atom is -0.355 e. The van der Waals surface area contributed by atoms with Gasteiger partial charge in [-0.05, 0) is 36.8 Å². The van der Waals surface area contributed by atoms with E-state index in [9.17, 15) is 4.39 Å². The van der Waals surface area contributed by atoms with E-state index in [4.69, 9.17) is 11.6 Å². The molecule has 0 atom stereocenters. The Hall–Kier alpha value is -1.61. The van der Waals surface area contributed by atoms with Crippen LogP contribution in [-0.4, -0.2) is 4.98 Å². The van der Waals surface area contributed by atoms with Crippen LogP contribution in [0.1, 0.15) is 5.56 Å². The highest BCUT2D eigenvalue weighted by Crippen LogP contribution is 2.23. The lowest BCUT2D eigenvalue weighted by Gasteiger charge is -2.09. The molecule has 0 spiro atoms. The molecule has 0 aliphatic heterocycles. The monoisotopic (exact) mass is 236 g/mol. The van der Waals surface area contributed by atoms with Gasteiger partial charge < -0.3 is 5.32 Å². The molecular formula is C12H10ClFN2. The third-order valence-electron chi connectivity index (χ3n) is 2.22. The fourth-order valence-electron chi connectivity index (χ4n) is 1.34. The van der Waals surface area contributed by atoms with Crippen molar-refractivity contribution in [2.75, 3.05) is 5.32 Å². The van der Waals surface area contributed by atoms with Crippen molar-refractivity contribution in [1.29, 1.82) is 0 Å². The number of benzene rings is 1. The van der Waals surface area contributed by atoms with E-state index in [1.54, 1.807) is 24.5 Å². The molecule has 4 heteroatoms. The Balaban J connectivity index is 2.28. The first kappa shape index (κ1) is 10.9. The van der Waals surface area contributed by atoms with Crippen molar-refractivity contribution in [2.45, 2.75) is 6.92 Å². The highest BCUT2D eigenvalue weighted by Gasteiger charge is 2.02. The number of pyridine rings is 1. The normalized spacial score (nSPS) is 10.2. The van der Waals surface area contributed by atoms with Gasteiger partial charge in [-0.15, -0.1) is 0 Å². The van der Waals surface area contributed by atoms with Crippen LogP contribution < -0.4 is 5.32 Å². The second-order valence-corrected chi connectivity index (χ2v) is 3.85. The van der Waals surface area contributed by atoms with E-state index in [0.717, 1.165) is 16.9 Å². The predicted octanol–water partition coefficient (Wildman–Crippen LogP) is 3.93. The number of nitrogens with zero attached hydrogens (tertiary/aromatic N) is 1. The van der Waals surface area contributed by atoms with Gasteiger partial charge in [0, 0.05) is 23.8 Å². The zero-order valence-corrected chi connectivity index (χ0v) is 9.42. The Bertz CT molecular complexity index is 514. The maximum absolute atomic E-state index is 12.9. The molecule has 0 amide bonds.